The minimum absolute atomic E-state index is 0.184. The first kappa shape index (κ1) is 25.5. The van der Waals surface area contributed by atoms with Crippen molar-refractivity contribution in [1.29, 1.82) is 0 Å². The Labute approximate surface area is 199 Å². The van der Waals surface area contributed by atoms with E-state index in [1.165, 1.54) is 82.6 Å². The smallest absolute Gasteiger partial charge is 0.387 e. The second-order valence-electron chi connectivity index (χ2n) is 9.58. The zero-order chi connectivity index (χ0) is 23.3. The lowest BCUT2D eigenvalue weighted by Crippen LogP contribution is -2.13. The lowest BCUT2D eigenvalue weighted by molar-refractivity contribution is -0.0498. The summed E-state index contributed by atoms with van der Waals surface area (Å²) in [6.07, 6.45) is 20.7. The highest BCUT2D eigenvalue weighted by molar-refractivity contribution is 5.69. The van der Waals surface area contributed by atoms with Crippen LogP contribution in [0.2, 0.25) is 0 Å². The van der Waals surface area contributed by atoms with Crippen LogP contribution in [0.5, 0.6) is 5.75 Å². The number of halogens is 2. The lowest BCUT2D eigenvalue weighted by Gasteiger charge is -2.29. The highest BCUT2D eigenvalue weighted by Gasteiger charge is 2.21. The summed E-state index contributed by atoms with van der Waals surface area (Å²) in [5, 5.41) is 0. The molecule has 0 spiro atoms. The van der Waals surface area contributed by atoms with Gasteiger partial charge in [-0.25, -0.2) is 0 Å². The topological polar surface area (TPSA) is 9.23 Å². The van der Waals surface area contributed by atoms with Crippen LogP contribution in [0.15, 0.2) is 48.5 Å². The quantitative estimate of drug-likeness (QED) is 0.216. The van der Waals surface area contributed by atoms with Gasteiger partial charge in [-0.3, -0.25) is 0 Å². The first-order valence-electron chi connectivity index (χ1n) is 13.0. The van der Waals surface area contributed by atoms with Gasteiger partial charge in [-0.05, 0) is 66.3 Å². The molecule has 0 radical (unpaired) electrons. The molecule has 2 aromatic rings. The molecule has 3 rings (SSSR count). The summed E-state index contributed by atoms with van der Waals surface area (Å²) in [5.41, 5.74) is 3.58. The highest BCUT2D eigenvalue weighted by Crippen LogP contribution is 2.38. The molecule has 0 saturated heterocycles. The molecular weight excluding hydrogens is 414 g/mol. The first-order valence-corrected chi connectivity index (χ1v) is 13.0. The molecule has 0 bridgehead atoms. The third-order valence-corrected chi connectivity index (χ3v) is 7.04. The second kappa shape index (κ2) is 14.2. The maximum atomic E-state index is 12.2. The van der Waals surface area contributed by atoms with Crippen LogP contribution in [-0.2, 0) is 0 Å². The Morgan fingerprint density at radius 1 is 0.758 bits per heavy atom. The maximum Gasteiger partial charge on any atom is 0.387 e. The van der Waals surface area contributed by atoms with Crippen LogP contribution in [0.1, 0.15) is 107 Å². The van der Waals surface area contributed by atoms with Gasteiger partial charge in [-0.15, -0.1) is 0 Å². The summed E-state index contributed by atoms with van der Waals surface area (Å²) >= 11 is 0. The Kier molecular flexibility index (Phi) is 10.9. The Hall–Kier alpha value is -2.16. The summed E-state index contributed by atoms with van der Waals surface area (Å²) in [5.74, 6) is 1.83. The van der Waals surface area contributed by atoms with E-state index in [1.54, 1.807) is 24.3 Å². The molecule has 1 aliphatic rings. The van der Waals surface area contributed by atoms with Gasteiger partial charge in [0, 0.05) is 0 Å². The molecule has 1 nitrogen and oxygen atoms in total. The molecule has 0 amide bonds. The molecule has 0 atom stereocenters. The van der Waals surface area contributed by atoms with E-state index in [9.17, 15) is 8.78 Å². The van der Waals surface area contributed by atoms with E-state index in [-0.39, 0.29) is 5.75 Å². The number of unbranched alkanes of at least 4 members (excludes halogenated alkanes) is 6. The molecule has 0 aliphatic heterocycles. The molecule has 0 aromatic heterocycles. The van der Waals surface area contributed by atoms with E-state index in [4.69, 9.17) is 0 Å². The Balaban J connectivity index is 1.38. The van der Waals surface area contributed by atoms with E-state index < -0.39 is 6.61 Å². The van der Waals surface area contributed by atoms with Crippen molar-refractivity contribution in [1.82, 2.24) is 0 Å². The minimum Gasteiger partial charge on any atom is -0.435 e. The van der Waals surface area contributed by atoms with Crippen molar-refractivity contribution in [2.24, 2.45) is 5.92 Å². The van der Waals surface area contributed by atoms with Crippen molar-refractivity contribution in [3.8, 4) is 5.75 Å². The molecule has 33 heavy (non-hydrogen) atoms. The number of hydrogen-bond acceptors (Lipinski definition) is 1. The van der Waals surface area contributed by atoms with Crippen LogP contribution in [0.25, 0.3) is 12.2 Å². The Morgan fingerprint density at radius 2 is 1.30 bits per heavy atom. The fraction of sp³-hybridized carbons (Fsp3) is 0.533. The summed E-state index contributed by atoms with van der Waals surface area (Å²) in [4.78, 5) is 0. The number of rotatable bonds is 13. The zero-order valence-electron chi connectivity index (χ0n) is 20.2. The average Bonchev–Trinajstić information content (AvgIpc) is 2.83. The molecule has 180 valence electrons. The van der Waals surface area contributed by atoms with E-state index in [1.807, 2.05) is 6.08 Å². The standard InChI is InChI=1S/C30H40F2O/c1-2-3-4-5-6-7-8-9-24-12-18-27(19-13-24)28-20-14-25(15-21-28)10-11-26-16-22-29(23-17-26)33-30(31)32/h10-11,14-17,20-24,27,30H,2-9,12-13,18-19H2,1H3. The van der Waals surface area contributed by atoms with Gasteiger partial charge >= 0.3 is 6.61 Å². The average molecular weight is 455 g/mol. The molecule has 1 fully saturated rings. The van der Waals surface area contributed by atoms with Gasteiger partial charge in [0.05, 0.1) is 0 Å². The molecule has 2 aromatic carbocycles. The molecule has 0 unspecified atom stereocenters. The van der Waals surface area contributed by atoms with Crippen molar-refractivity contribution in [2.75, 3.05) is 0 Å². The van der Waals surface area contributed by atoms with Crippen LogP contribution in [-0.4, -0.2) is 6.61 Å². The van der Waals surface area contributed by atoms with E-state index in [2.05, 4.69) is 42.0 Å². The maximum absolute atomic E-state index is 12.2. The number of hydrogen-bond donors (Lipinski definition) is 0. The fourth-order valence-electron chi connectivity index (χ4n) is 5.01. The first-order chi connectivity index (χ1) is 16.1. The Bertz CT molecular complexity index is 802. The van der Waals surface area contributed by atoms with Gasteiger partial charge < -0.3 is 4.74 Å². The second-order valence-corrected chi connectivity index (χ2v) is 9.58. The van der Waals surface area contributed by atoms with Crippen LogP contribution in [0.4, 0.5) is 8.78 Å². The number of ether oxygens (including phenoxy) is 1. The minimum atomic E-state index is -2.79. The van der Waals surface area contributed by atoms with Crippen molar-refractivity contribution < 1.29 is 13.5 Å². The zero-order valence-corrected chi connectivity index (χ0v) is 20.2. The normalized spacial score (nSPS) is 18.8. The van der Waals surface area contributed by atoms with Crippen LogP contribution in [0.3, 0.4) is 0 Å². The van der Waals surface area contributed by atoms with Crippen LogP contribution >= 0.6 is 0 Å². The van der Waals surface area contributed by atoms with Gasteiger partial charge in [-0.2, -0.15) is 8.78 Å². The van der Waals surface area contributed by atoms with Crippen molar-refractivity contribution in [2.45, 2.75) is 96.5 Å². The molecule has 3 heteroatoms. The highest BCUT2D eigenvalue weighted by atomic mass is 19.3. The molecule has 0 N–H and O–H groups in total. The van der Waals surface area contributed by atoms with Gasteiger partial charge in [0.1, 0.15) is 5.75 Å². The summed E-state index contributed by atoms with van der Waals surface area (Å²) in [6, 6.07) is 15.6. The molecular formula is C30H40F2O. The van der Waals surface area contributed by atoms with Crippen molar-refractivity contribution in [3.05, 3.63) is 65.2 Å². The molecule has 0 heterocycles. The van der Waals surface area contributed by atoms with Gasteiger partial charge in [-0.1, -0.05) is 107 Å². The van der Waals surface area contributed by atoms with Gasteiger partial charge in [0.2, 0.25) is 0 Å². The lowest BCUT2D eigenvalue weighted by atomic mass is 9.77. The predicted molar refractivity (Wildman–Crippen MR) is 136 cm³/mol. The van der Waals surface area contributed by atoms with Crippen LogP contribution in [0, 0.1) is 5.92 Å². The van der Waals surface area contributed by atoms with Crippen molar-refractivity contribution in [3.63, 3.8) is 0 Å². The molecule has 1 saturated carbocycles. The number of benzene rings is 2. The van der Waals surface area contributed by atoms with Gasteiger partial charge in [0.25, 0.3) is 0 Å². The summed E-state index contributed by atoms with van der Waals surface area (Å²) in [6.45, 7) is -0.506. The summed E-state index contributed by atoms with van der Waals surface area (Å²) < 4.78 is 28.9. The van der Waals surface area contributed by atoms with Crippen LogP contribution < -0.4 is 4.74 Å². The fourth-order valence-corrected chi connectivity index (χ4v) is 5.01. The monoisotopic (exact) mass is 454 g/mol. The Morgan fingerprint density at radius 3 is 1.88 bits per heavy atom. The largest absolute Gasteiger partial charge is 0.435 e. The van der Waals surface area contributed by atoms with E-state index in [0.29, 0.717) is 5.92 Å². The molecule has 1 aliphatic carbocycles. The number of alkyl halides is 2. The third-order valence-electron chi connectivity index (χ3n) is 7.04. The SMILES string of the molecule is CCCCCCCCCC1CCC(c2ccc(C=Cc3ccc(OC(F)F)cc3)cc2)CC1. The summed E-state index contributed by atoms with van der Waals surface area (Å²) in [7, 11) is 0. The third kappa shape index (κ3) is 9.31. The van der Waals surface area contributed by atoms with Crippen molar-refractivity contribution >= 4 is 12.2 Å². The predicted octanol–water partition coefficient (Wildman–Crippen LogP) is 9.87. The van der Waals surface area contributed by atoms with Gasteiger partial charge in [0.15, 0.2) is 0 Å². The van der Waals surface area contributed by atoms with E-state index >= 15 is 0 Å². The van der Waals surface area contributed by atoms with E-state index in [0.717, 1.165) is 17.0 Å².